The number of rotatable bonds is 2. The Morgan fingerprint density at radius 1 is 1.47 bits per heavy atom. The monoisotopic (exact) mass is 206 g/mol. The lowest BCUT2D eigenvalue weighted by Crippen LogP contribution is -2.28. The highest BCUT2D eigenvalue weighted by molar-refractivity contribution is 5.95. The van der Waals surface area contributed by atoms with Gasteiger partial charge in [-0.1, -0.05) is 0 Å². The summed E-state index contributed by atoms with van der Waals surface area (Å²) in [6.07, 6.45) is 0. The smallest absolute Gasteiger partial charge is 0.216 e. The molecule has 3 N–H and O–H groups in total. The summed E-state index contributed by atoms with van der Waals surface area (Å²) in [7, 11) is 0. The fourth-order valence-corrected chi connectivity index (χ4v) is 1.39. The molecule has 0 bridgehead atoms. The largest absolute Gasteiger partial charge is 0.475 e. The van der Waals surface area contributed by atoms with Gasteiger partial charge >= 0.3 is 0 Å². The molecule has 1 aromatic rings. The van der Waals surface area contributed by atoms with Crippen molar-refractivity contribution < 1.29 is 9.84 Å². The maximum absolute atomic E-state index is 9.13. The first-order chi connectivity index (χ1) is 7.13. The molecule has 80 valence electrons. The summed E-state index contributed by atoms with van der Waals surface area (Å²) in [5.41, 5.74) is 6.68. The second-order valence-corrected chi connectivity index (χ2v) is 3.98. The van der Waals surface area contributed by atoms with Gasteiger partial charge in [0.2, 0.25) is 5.90 Å². The van der Waals surface area contributed by atoms with Crippen LogP contribution in [0.25, 0.3) is 0 Å². The first-order valence-corrected chi connectivity index (χ1v) is 4.82. The zero-order valence-electron chi connectivity index (χ0n) is 8.60. The first-order valence-electron chi connectivity index (χ1n) is 4.82. The van der Waals surface area contributed by atoms with E-state index >= 15 is 0 Å². The first kappa shape index (κ1) is 9.98. The maximum atomic E-state index is 9.13. The van der Waals surface area contributed by atoms with Crippen LogP contribution in [-0.2, 0) is 4.74 Å². The molecule has 1 aliphatic heterocycles. The molecular formula is C11H14N2O2. The Morgan fingerprint density at radius 2 is 2.13 bits per heavy atom. The molecule has 0 radical (unpaired) electrons. The van der Waals surface area contributed by atoms with Gasteiger partial charge in [0.05, 0.1) is 6.61 Å². The molecule has 0 fully saturated rings. The van der Waals surface area contributed by atoms with Crippen molar-refractivity contribution in [2.24, 2.45) is 4.99 Å². The molecule has 4 nitrogen and oxygen atoms in total. The summed E-state index contributed by atoms with van der Waals surface area (Å²) < 4.78 is 5.43. The number of ether oxygens (including phenoxy) is 1. The highest BCUT2D eigenvalue weighted by Gasteiger charge is 2.31. The van der Waals surface area contributed by atoms with E-state index in [4.69, 9.17) is 15.6 Å². The molecule has 1 aliphatic rings. The van der Waals surface area contributed by atoms with Crippen LogP contribution in [0, 0.1) is 0 Å². The SMILES string of the molecule is CC1(CO)COC(c2ccc(N)cc2)=N1. The number of nitrogen functional groups attached to an aromatic ring is 1. The molecule has 0 spiro atoms. The van der Waals surface area contributed by atoms with Gasteiger partial charge in [-0.05, 0) is 31.2 Å². The van der Waals surface area contributed by atoms with Gasteiger partial charge in [0, 0.05) is 11.3 Å². The second kappa shape index (κ2) is 3.55. The Morgan fingerprint density at radius 3 is 2.67 bits per heavy atom. The van der Waals surface area contributed by atoms with Crippen LogP contribution in [0.15, 0.2) is 29.3 Å². The summed E-state index contributed by atoms with van der Waals surface area (Å²) >= 11 is 0. The summed E-state index contributed by atoms with van der Waals surface area (Å²) in [5, 5.41) is 9.13. The molecule has 15 heavy (non-hydrogen) atoms. The summed E-state index contributed by atoms with van der Waals surface area (Å²) in [5.74, 6) is 0.576. The number of hydrogen-bond acceptors (Lipinski definition) is 4. The van der Waals surface area contributed by atoms with Crippen LogP contribution < -0.4 is 5.73 Å². The fraction of sp³-hybridized carbons (Fsp3) is 0.364. The van der Waals surface area contributed by atoms with E-state index in [-0.39, 0.29) is 6.61 Å². The van der Waals surface area contributed by atoms with E-state index in [1.165, 1.54) is 0 Å². The summed E-state index contributed by atoms with van der Waals surface area (Å²) in [6, 6.07) is 7.32. The van der Waals surface area contributed by atoms with Crippen LogP contribution in [0.5, 0.6) is 0 Å². The van der Waals surface area contributed by atoms with Crippen molar-refractivity contribution in [2.75, 3.05) is 18.9 Å². The van der Waals surface area contributed by atoms with E-state index in [9.17, 15) is 0 Å². The average molecular weight is 206 g/mol. The molecule has 0 aliphatic carbocycles. The van der Waals surface area contributed by atoms with Crippen molar-refractivity contribution in [3.63, 3.8) is 0 Å². The van der Waals surface area contributed by atoms with Gasteiger partial charge in [-0.2, -0.15) is 0 Å². The Bertz CT molecular complexity index is 386. The standard InChI is InChI=1S/C11H14N2O2/c1-11(6-14)7-15-10(13-11)8-2-4-9(12)5-3-8/h2-5,14H,6-7,12H2,1H3. The van der Waals surface area contributed by atoms with E-state index in [0.717, 1.165) is 5.56 Å². The van der Waals surface area contributed by atoms with E-state index in [2.05, 4.69) is 4.99 Å². The Kier molecular flexibility index (Phi) is 2.36. The molecule has 1 aromatic carbocycles. The van der Waals surface area contributed by atoms with Gasteiger partial charge < -0.3 is 15.6 Å². The van der Waals surface area contributed by atoms with Gasteiger partial charge in [-0.3, -0.25) is 0 Å². The minimum Gasteiger partial charge on any atom is -0.475 e. The van der Waals surface area contributed by atoms with Crippen molar-refractivity contribution in [3.05, 3.63) is 29.8 Å². The fourth-order valence-electron chi connectivity index (χ4n) is 1.39. The lowest BCUT2D eigenvalue weighted by Gasteiger charge is -2.12. The molecule has 1 heterocycles. The van der Waals surface area contributed by atoms with Crippen LogP contribution in [0.4, 0.5) is 5.69 Å². The van der Waals surface area contributed by atoms with Crippen LogP contribution in [0.2, 0.25) is 0 Å². The van der Waals surface area contributed by atoms with Crippen molar-refractivity contribution in [3.8, 4) is 0 Å². The molecule has 0 saturated carbocycles. The van der Waals surface area contributed by atoms with Crippen molar-refractivity contribution in [1.82, 2.24) is 0 Å². The van der Waals surface area contributed by atoms with Crippen LogP contribution in [-0.4, -0.2) is 29.8 Å². The molecule has 0 amide bonds. The van der Waals surface area contributed by atoms with E-state index < -0.39 is 5.54 Å². The maximum Gasteiger partial charge on any atom is 0.216 e. The molecule has 0 saturated heterocycles. The van der Waals surface area contributed by atoms with Crippen LogP contribution in [0.3, 0.4) is 0 Å². The van der Waals surface area contributed by atoms with E-state index in [1.807, 2.05) is 19.1 Å². The zero-order chi connectivity index (χ0) is 10.9. The predicted molar refractivity (Wildman–Crippen MR) is 58.8 cm³/mol. The van der Waals surface area contributed by atoms with Crippen molar-refractivity contribution in [1.29, 1.82) is 0 Å². The normalized spacial score (nSPS) is 24.8. The van der Waals surface area contributed by atoms with E-state index in [1.54, 1.807) is 12.1 Å². The molecule has 1 unspecified atom stereocenters. The third-order valence-electron chi connectivity index (χ3n) is 2.39. The Balaban J connectivity index is 2.26. The highest BCUT2D eigenvalue weighted by Crippen LogP contribution is 2.21. The van der Waals surface area contributed by atoms with Gasteiger partial charge in [0.1, 0.15) is 12.1 Å². The summed E-state index contributed by atoms with van der Waals surface area (Å²) in [6.45, 7) is 2.27. The van der Waals surface area contributed by atoms with Gasteiger partial charge in [-0.15, -0.1) is 0 Å². The molecule has 0 aromatic heterocycles. The van der Waals surface area contributed by atoms with Gasteiger partial charge in [-0.25, -0.2) is 4.99 Å². The molecule has 1 atom stereocenters. The molecular weight excluding hydrogens is 192 g/mol. The number of aliphatic imine (C=N–C) groups is 1. The van der Waals surface area contributed by atoms with Crippen molar-refractivity contribution in [2.45, 2.75) is 12.5 Å². The zero-order valence-corrected chi connectivity index (χ0v) is 8.60. The van der Waals surface area contributed by atoms with Crippen molar-refractivity contribution >= 4 is 11.6 Å². The van der Waals surface area contributed by atoms with Gasteiger partial charge in [0.25, 0.3) is 0 Å². The minimum atomic E-state index is -0.503. The number of aliphatic hydroxyl groups is 1. The Labute approximate surface area is 88.4 Å². The lowest BCUT2D eigenvalue weighted by molar-refractivity contribution is 0.170. The topological polar surface area (TPSA) is 67.8 Å². The number of benzene rings is 1. The third kappa shape index (κ3) is 1.94. The average Bonchev–Trinajstić information content (AvgIpc) is 2.63. The van der Waals surface area contributed by atoms with E-state index in [0.29, 0.717) is 18.2 Å². The number of hydrogen-bond donors (Lipinski definition) is 2. The highest BCUT2D eigenvalue weighted by atomic mass is 16.5. The number of nitrogens with two attached hydrogens (primary N) is 1. The predicted octanol–water partition coefficient (Wildman–Crippen LogP) is 0.797. The van der Waals surface area contributed by atoms with Crippen LogP contribution >= 0.6 is 0 Å². The molecule has 2 rings (SSSR count). The molecule has 4 heteroatoms. The number of anilines is 1. The lowest BCUT2D eigenvalue weighted by atomic mass is 10.1. The number of aliphatic hydroxyl groups excluding tert-OH is 1. The van der Waals surface area contributed by atoms with Crippen LogP contribution in [0.1, 0.15) is 12.5 Å². The number of nitrogens with zero attached hydrogens (tertiary/aromatic N) is 1. The summed E-state index contributed by atoms with van der Waals surface area (Å²) in [4.78, 5) is 4.34. The third-order valence-corrected chi connectivity index (χ3v) is 2.39. The quantitative estimate of drug-likeness (QED) is 0.703. The Hall–Kier alpha value is -1.55. The second-order valence-electron chi connectivity index (χ2n) is 3.98. The minimum absolute atomic E-state index is 0.00846. The van der Waals surface area contributed by atoms with Gasteiger partial charge in [0.15, 0.2) is 0 Å².